The van der Waals surface area contributed by atoms with Gasteiger partial charge in [-0.2, -0.15) is 5.26 Å². The highest BCUT2D eigenvalue weighted by molar-refractivity contribution is 5.22. The fourth-order valence-electron chi connectivity index (χ4n) is 3.22. The summed E-state index contributed by atoms with van der Waals surface area (Å²) in [7, 11) is 0. The molecular formula is C15H22N2. The average molecular weight is 230 g/mol. The van der Waals surface area contributed by atoms with Crippen molar-refractivity contribution in [1.29, 1.82) is 5.26 Å². The zero-order valence-corrected chi connectivity index (χ0v) is 11.0. The van der Waals surface area contributed by atoms with Gasteiger partial charge in [0.15, 0.2) is 0 Å². The number of nitriles is 1. The van der Waals surface area contributed by atoms with E-state index in [2.05, 4.69) is 36.6 Å². The molecule has 0 aromatic carbocycles. The van der Waals surface area contributed by atoms with Gasteiger partial charge in [0.25, 0.3) is 0 Å². The van der Waals surface area contributed by atoms with Gasteiger partial charge in [0.05, 0.1) is 6.07 Å². The fourth-order valence-corrected chi connectivity index (χ4v) is 3.22. The van der Waals surface area contributed by atoms with Crippen LogP contribution in [0.2, 0.25) is 0 Å². The summed E-state index contributed by atoms with van der Waals surface area (Å²) in [4.78, 5) is 0. The number of hydrogen-bond acceptors (Lipinski definition) is 1. The number of rotatable bonds is 1. The van der Waals surface area contributed by atoms with Gasteiger partial charge < -0.3 is 4.57 Å². The summed E-state index contributed by atoms with van der Waals surface area (Å²) in [5.74, 6) is 0. The van der Waals surface area contributed by atoms with Gasteiger partial charge in [0.2, 0.25) is 0 Å². The first-order valence-electron chi connectivity index (χ1n) is 6.76. The van der Waals surface area contributed by atoms with Crippen LogP contribution in [0.4, 0.5) is 0 Å². The van der Waals surface area contributed by atoms with Crippen LogP contribution in [0.5, 0.6) is 0 Å². The van der Waals surface area contributed by atoms with Gasteiger partial charge in [-0.25, -0.2) is 0 Å². The van der Waals surface area contributed by atoms with Gasteiger partial charge in [-0.1, -0.05) is 32.1 Å². The number of hydrogen-bond donors (Lipinski definition) is 0. The van der Waals surface area contributed by atoms with E-state index in [1.165, 1.54) is 43.5 Å². The lowest BCUT2D eigenvalue weighted by Crippen LogP contribution is -2.34. The van der Waals surface area contributed by atoms with Gasteiger partial charge in [-0.3, -0.25) is 0 Å². The molecule has 1 aromatic heterocycles. The van der Waals surface area contributed by atoms with Crippen LogP contribution in [-0.2, 0) is 5.54 Å². The molecule has 1 heterocycles. The lowest BCUT2D eigenvalue weighted by Gasteiger charge is -2.33. The third kappa shape index (κ3) is 2.24. The highest BCUT2D eigenvalue weighted by Crippen LogP contribution is 2.34. The Morgan fingerprint density at radius 2 is 1.47 bits per heavy atom. The van der Waals surface area contributed by atoms with Crippen molar-refractivity contribution in [1.82, 2.24) is 4.57 Å². The lowest BCUT2D eigenvalue weighted by molar-refractivity contribution is 0.279. The molecule has 0 N–H and O–H groups in total. The zero-order valence-electron chi connectivity index (χ0n) is 11.0. The Hall–Kier alpha value is -1.23. The van der Waals surface area contributed by atoms with E-state index in [4.69, 9.17) is 0 Å². The van der Waals surface area contributed by atoms with Gasteiger partial charge in [0, 0.05) is 11.4 Å². The normalized spacial score (nSPS) is 20.3. The van der Waals surface area contributed by atoms with E-state index < -0.39 is 0 Å². The van der Waals surface area contributed by atoms with Gasteiger partial charge in [0.1, 0.15) is 5.54 Å². The Kier molecular flexibility index (Phi) is 3.57. The molecule has 1 aliphatic carbocycles. The third-order valence-corrected chi connectivity index (χ3v) is 4.09. The Morgan fingerprint density at radius 1 is 1.00 bits per heavy atom. The van der Waals surface area contributed by atoms with Crippen LogP contribution >= 0.6 is 0 Å². The zero-order chi connectivity index (χ0) is 12.3. The monoisotopic (exact) mass is 230 g/mol. The first-order chi connectivity index (χ1) is 8.19. The standard InChI is InChI=1S/C15H22N2/c1-13-8-9-14(2)17(13)15(12-16)10-6-4-3-5-7-11-15/h8-9H,3-7,10-11H2,1-2H3. The van der Waals surface area contributed by atoms with E-state index in [9.17, 15) is 5.26 Å². The highest BCUT2D eigenvalue weighted by Gasteiger charge is 2.33. The van der Waals surface area contributed by atoms with Crippen LogP contribution in [0.3, 0.4) is 0 Å². The second kappa shape index (κ2) is 4.96. The Bertz CT molecular complexity index is 395. The number of aryl methyl sites for hydroxylation is 2. The van der Waals surface area contributed by atoms with Crippen LogP contribution in [0.1, 0.15) is 56.3 Å². The van der Waals surface area contributed by atoms with Crippen molar-refractivity contribution in [3.8, 4) is 6.07 Å². The van der Waals surface area contributed by atoms with Crippen molar-refractivity contribution in [3.05, 3.63) is 23.5 Å². The molecule has 2 heteroatoms. The van der Waals surface area contributed by atoms with Crippen molar-refractivity contribution in [2.45, 2.75) is 64.3 Å². The molecule has 17 heavy (non-hydrogen) atoms. The van der Waals surface area contributed by atoms with Crippen LogP contribution in [0, 0.1) is 25.2 Å². The molecule has 0 bridgehead atoms. The van der Waals surface area contributed by atoms with E-state index in [0.717, 1.165) is 12.8 Å². The quantitative estimate of drug-likeness (QED) is 0.715. The Labute approximate surface area is 104 Å². The van der Waals surface area contributed by atoms with Crippen LogP contribution in [0.25, 0.3) is 0 Å². The predicted octanol–water partition coefficient (Wildman–Crippen LogP) is 4.07. The molecule has 92 valence electrons. The average Bonchev–Trinajstić information content (AvgIpc) is 2.61. The van der Waals surface area contributed by atoms with E-state index in [-0.39, 0.29) is 5.54 Å². The van der Waals surface area contributed by atoms with Crippen molar-refractivity contribution in [2.24, 2.45) is 0 Å². The molecule has 0 radical (unpaired) electrons. The molecule has 1 fully saturated rings. The largest absolute Gasteiger partial charge is 0.330 e. The first kappa shape index (κ1) is 12.2. The predicted molar refractivity (Wildman–Crippen MR) is 69.8 cm³/mol. The molecule has 2 rings (SSSR count). The molecule has 0 unspecified atom stereocenters. The fraction of sp³-hybridized carbons (Fsp3) is 0.667. The number of aromatic nitrogens is 1. The summed E-state index contributed by atoms with van der Waals surface area (Å²) in [5.41, 5.74) is 2.17. The SMILES string of the molecule is Cc1ccc(C)n1C1(C#N)CCCCCCC1. The highest BCUT2D eigenvalue weighted by atomic mass is 15.1. The molecule has 0 saturated heterocycles. The van der Waals surface area contributed by atoms with Gasteiger partial charge in [-0.15, -0.1) is 0 Å². The molecular weight excluding hydrogens is 208 g/mol. The van der Waals surface area contributed by atoms with Crippen molar-refractivity contribution < 1.29 is 0 Å². The van der Waals surface area contributed by atoms with Gasteiger partial charge >= 0.3 is 0 Å². The molecule has 1 aromatic rings. The second-order valence-electron chi connectivity index (χ2n) is 5.36. The summed E-state index contributed by atoms with van der Waals surface area (Å²) in [6.45, 7) is 4.23. The maximum absolute atomic E-state index is 9.71. The van der Waals surface area contributed by atoms with Crippen LogP contribution < -0.4 is 0 Å². The summed E-state index contributed by atoms with van der Waals surface area (Å²) < 4.78 is 2.28. The van der Waals surface area contributed by atoms with E-state index in [1.807, 2.05) is 0 Å². The van der Waals surface area contributed by atoms with Crippen molar-refractivity contribution in [3.63, 3.8) is 0 Å². The molecule has 0 spiro atoms. The molecule has 1 aliphatic rings. The second-order valence-corrected chi connectivity index (χ2v) is 5.36. The third-order valence-electron chi connectivity index (χ3n) is 4.09. The molecule has 0 atom stereocenters. The minimum Gasteiger partial charge on any atom is -0.330 e. The summed E-state index contributed by atoms with van der Waals surface area (Å²) in [6.07, 6.45) is 8.30. The van der Waals surface area contributed by atoms with E-state index in [0.29, 0.717) is 0 Å². The van der Waals surface area contributed by atoms with Crippen molar-refractivity contribution in [2.75, 3.05) is 0 Å². The van der Waals surface area contributed by atoms with Crippen LogP contribution in [0.15, 0.2) is 12.1 Å². The maximum atomic E-state index is 9.71. The molecule has 0 amide bonds. The first-order valence-corrected chi connectivity index (χ1v) is 6.76. The Balaban J connectivity index is 2.38. The summed E-state index contributed by atoms with van der Waals surface area (Å²) >= 11 is 0. The maximum Gasteiger partial charge on any atom is 0.131 e. The summed E-state index contributed by atoms with van der Waals surface area (Å²) in [5, 5.41) is 9.71. The van der Waals surface area contributed by atoms with Gasteiger partial charge in [-0.05, 0) is 38.8 Å². The molecule has 1 saturated carbocycles. The van der Waals surface area contributed by atoms with Crippen molar-refractivity contribution >= 4 is 0 Å². The van der Waals surface area contributed by atoms with Crippen LogP contribution in [-0.4, -0.2) is 4.57 Å². The minimum absolute atomic E-state index is 0.280. The topological polar surface area (TPSA) is 28.7 Å². The minimum atomic E-state index is -0.280. The Morgan fingerprint density at radius 3 is 1.94 bits per heavy atom. The molecule has 0 aliphatic heterocycles. The molecule has 2 nitrogen and oxygen atoms in total. The smallest absolute Gasteiger partial charge is 0.131 e. The number of nitrogens with zero attached hydrogens (tertiary/aromatic N) is 2. The van der Waals surface area contributed by atoms with E-state index in [1.54, 1.807) is 0 Å². The lowest BCUT2D eigenvalue weighted by atomic mass is 9.84. The summed E-state index contributed by atoms with van der Waals surface area (Å²) in [6, 6.07) is 6.90. The van der Waals surface area contributed by atoms with E-state index >= 15 is 0 Å².